The molecular weight excluding hydrogens is 323 g/mol. The first-order chi connectivity index (χ1) is 11.9. The predicted octanol–water partition coefficient (Wildman–Crippen LogP) is 2.60. The second kappa shape index (κ2) is 6.59. The fraction of sp³-hybridized carbons (Fsp3) is 0.474. The Balaban J connectivity index is 1.97. The molecule has 0 unspecified atom stereocenters. The van der Waals surface area contributed by atoms with Crippen molar-refractivity contribution in [2.75, 3.05) is 19.7 Å². The zero-order valence-electron chi connectivity index (χ0n) is 14.6. The summed E-state index contributed by atoms with van der Waals surface area (Å²) in [4.78, 5) is 29.0. The largest absolute Gasteiger partial charge is 0.396 e. The highest BCUT2D eigenvalue weighted by Crippen LogP contribution is 2.35. The molecule has 1 aliphatic rings. The number of amides is 1. The zero-order valence-corrected chi connectivity index (χ0v) is 14.6. The molecule has 1 saturated heterocycles. The van der Waals surface area contributed by atoms with Crippen molar-refractivity contribution in [1.82, 2.24) is 9.88 Å². The van der Waals surface area contributed by atoms with Crippen molar-refractivity contribution in [3.05, 3.63) is 45.5 Å². The Morgan fingerprint density at radius 1 is 1.32 bits per heavy atom. The van der Waals surface area contributed by atoms with Crippen LogP contribution in [0, 0.1) is 18.2 Å². The second-order valence-electron chi connectivity index (χ2n) is 7.02. The van der Waals surface area contributed by atoms with E-state index in [4.69, 9.17) is 0 Å². The molecule has 134 valence electrons. The number of carbonyl (C=O) groups is 1. The van der Waals surface area contributed by atoms with Crippen molar-refractivity contribution in [3.63, 3.8) is 0 Å². The van der Waals surface area contributed by atoms with Crippen LogP contribution in [0.3, 0.4) is 0 Å². The summed E-state index contributed by atoms with van der Waals surface area (Å²) in [5.41, 5.74) is 0.366. The molecule has 2 N–H and O–H groups in total. The maximum absolute atomic E-state index is 14.2. The van der Waals surface area contributed by atoms with Gasteiger partial charge in [-0.2, -0.15) is 0 Å². The quantitative estimate of drug-likeness (QED) is 0.897. The number of nitrogens with one attached hydrogen (secondary N) is 1. The first-order valence-corrected chi connectivity index (χ1v) is 8.62. The number of rotatable bonds is 3. The molecular formula is C19H23FN2O3. The van der Waals surface area contributed by atoms with Crippen molar-refractivity contribution in [2.45, 2.75) is 33.1 Å². The monoisotopic (exact) mass is 346 g/mol. The number of piperidine rings is 1. The minimum Gasteiger partial charge on any atom is -0.396 e. The van der Waals surface area contributed by atoms with E-state index in [9.17, 15) is 19.1 Å². The molecule has 2 heterocycles. The Bertz CT molecular complexity index is 861. The smallest absolute Gasteiger partial charge is 0.254 e. The average molecular weight is 346 g/mol. The van der Waals surface area contributed by atoms with Crippen molar-refractivity contribution < 1.29 is 14.3 Å². The van der Waals surface area contributed by atoms with Crippen LogP contribution in [0.2, 0.25) is 0 Å². The molecule has 0 radical (unpaired) electrons. The summed E-state index contributed by atoms with van der Waals surface area (Å²) in [6, 6.07) is 4.30. The number of hydrogen-bond acceptors (Lipinski definition) is 3. The number of aromatic amines is 1. The van der Waals surface area contributed by atoms with Gasteiger partial charge in [-0.25, -0.2) is 4.39 Å². The van der Waals surface area contributed by atoms with Crippen molar-refractivity contribution in [2.24, 2.45) is 5.41 Å². The summed E-state index contributed by atoms with van der Waals surface area (Å²) in [5, 5.41) is 10.1. The van der Waals surface area contributed by atoms with E-state index in [1.54, 1.807) is 17.9 Å². The SMILES string of the molecule is CCC1(CO)CCN(C(=O)c2cc(=O)[nH]c3c(F)cc(C)cc23)CC1. The number of H-pyrrole nitrogens is 1. The lowest BCUT2D eigenvalue weighted by atomic mass is 9.77. The highest BCUT2D eigenvalue weighted by atomic mass is 19.1. The van der Waals surface area contributed by atoms with Gasteiger partial charge in [0.2, 0.25) is 5.56 Å². The number of benzene rings is 1. The lowest BCUT2D eigenvalue weighted by molar-refractivity contribution is 0.0339. The summed E-state index contributed by atoms with van der Waals surface area (Å²) in [5.74, 6) is -0.797. The van der Waals surface area contributed by atoms with E-state index in [-0.39, 0.29) is 29.0 Å². The van der Waals surface area contributed by atoms with Gasteiger partial charge in [0, 0.05) is 31.1 Å². The van der Waals surface area contributed by atoms with Crippen LogP contribution in [0.25, 0.3) is 10.9 Å². The lowest BCUT2D eigenvalue weighted by Crippen LogP contribution is -2.44. The maximum atomic E-state index is 14.2. The number of likely N-dealkylation sites (tertiary alicyclic amines) is 1. The van der Waals surface area contributed by atoms with Crippen LogP contribution in [-0.2, 0) is 0 Å². The van der Waals surface area contributed by atoms with E-state index in [2.05, 4.69) is 4.98 Å². The van der Waals surface area contributed by atoms with Crippen LogP contribution in [0.5, 0.6) is 0 Å². The molecule has 1 aromatic carbocycles. The molecule has 2 aromatic rings. The minimum atomic E-state index is -0.536. The van der Waals surface area contributed by atoms with Gasteiger partial charge in [-0.1, -0.05) is 6.92 Å². The Morgan fingerprint density at radius 3 is 2.60 bits per heavy atom. The van der Waals surface area contributed by atoms with Crippen LogP contribution in [0.15, 0.2) is 23.0 Å². The van der Waals surface area contributed by atoms with E-state index in [0.29, 0.717) is 24.0 Å². The van der Waals surface area contributed by atoms with Gasteiger partial charge in [0.25, 0.3) is 5.91 Å². The second-order valence-corrected chi connectivity index (χ2v) is 7.02. The molecule has 25 heavy (non-hydrogen) atoms. The van der Waals surface area contributed by atoms with Crippen LogP contribution in [-0.4, -0.2) is 40.6 Å². The van der Waals surface area contributed by atoms with Gasteiger partial charge in [-0.3, -0.25) is 9.59 Å². The van der Waals surface area contributed by atoms with Gasteiger partial charge in [-0.15, -0.1) is 0 Å². The molecule has 1 aliphatic heterocycles. The third-order valence-electron chi connectivity index (χ3n) is 5.48. The number of aryl methyl sites for hydroxylation is 1. The Kier molecular flexibility index (Phi) is 4.64. The van der Waals surface area contributed by atoms with Gasteiger partial charge in [0.15, 0.2) is 0 Å². The molecule has 1 fully saturated rings. The Hall–Kier alpha value is -2.21. The number of nitrogens with zero attached hydrogens (tertiary/aromatic N) is 1. The molecule has 0 saturated carbocycles. The van der Waals surface area contributed by atoms with Gasteiger partial charge >= 0.3 is 0 Å². The molecule has 1 aromatic heterocycles. The molecule has 3 rings (SSSR count). The number of aromatic nitrogens is 1. The van der Waals surface area contributed by atoms with E-state index in [0.717, 1.165) is 19.3 Å². The van der Waals surface area contributed by atoms with Crippen LogP contribution < -0.4 is 5.56 Å². The van der Waals surface area contributed by atoms with Crippen LogP contribution >= 0.6 is 0 Å². The van der Waals surface area contributed by atoms with Crippen LogP contribution in [0.1, 0.15) is 42.1 Å². The van der Waals surface area contributed by atoms with Gasteiger partial charge in [-0.05, 0) is 49.3 Å². The number of aliphatic hydroxyl groups excluding tert-OH is 1. The Morgan fingerprint density at radius 2 is 2.00 bits per heavy atom. The average Bonchev–Trinajstić information content (AvgIpc) is 2.61. The highest BCUT2D eigenvalue weighted by Gasteiger charge is 2.34. The first kappa shape index (κ1) is 17.6. The molecule has 0 atom stereocenters. The minimum absolute atomic E-state index is 0.0664. The fourth-order valence-electron chi connectivity index (χ4n) is 3.60. The predicted molar refractivity (Wildman–Crippen MR) is 94.2 cm³/mol. The van der Waals surface area contributed by atoms with E-state index < -0.39 is 11.4 Å². The normalized spacial score (nSPS) is 17.0. The first-order valence-electron chi connectivity index (χ1n) is 8.62. The van der Waals surface area contributed by atoms with Crippen molar-refractivity contribution in [3.8, 4) is 0 Å². The molecule has 5 nitrogen and oxygen atoms in total. The standard InChI is InChI=1S/C19H23FN2O3/c1-3-19(11-23)4-6-22(7-5-19)18(25)14-10-16(24)21-17-13(14)8-12(2)9-15(17)20/h8-10,23H,3-7,11H2,1-2H3,(H,21,24). The van der Waals surface area contributed by atoms with Crippen LogP contribution in [0.4, 0.5) is 4.39 Å². The fourth-order valence-corrected chi connectivity index (χ4v) is 3.60. The molecule has 0 bridgehead atoms. The number of fused-ring (bicyclic) bond motifs is 1. The molecule has 1 amide bonds. The summed E-state index contributed by atoms with van der Waals surface area (Å²) in [7, 11) is 0. The number of hydrogen-bond donors (Lipinski definition) is 2. The van der Waals surface area contributed by atoms with Crippen molar-refractivity contribution in [1.29, 1.82) is 0 Å². The number of carbonyl (C=O) groups excluding carboxylic acids is 1. The van der Waals surface area contributed by atoms with E-state index >= 15 is 0 Å². The third kappa shape index (κ3) is 3.18. The number of aliphatic hydroxyl groups is 1. The summed E-state index contributed by atoms with van der Waals surface area (Å²) < 4.78 is 14.2. The topological polar surface area (TPSA) is 73.4 Å². The zero-order chi connectivity index (χ0) is 18.2. The van der Waals surface area contributed by atoms with E-state index in [1.807, 2.05) is 6.92 Å². The van der Waals surface area contributed by atoms with E-state index in [1.165, 1.54) is 12.1 Å². The highest BCUT2D eigenvalue weighted by molar-refractivity contribution is 6.06. The third-order valence-corrected chi connectivity index (χ3v) is 5.48. The molecule has 6 heteroatoms. The number of pyridine rings is 1. The molecule has 0 aliphatic carbocycles. The Labute approximate surface area is 145 Å². The number of halogens is 1. The van der Waals surface area contributed by atoms with Gasteiger partial charge < -0.3 is 15.0 Å². The molecule has 0 spiro atoms. The maximum Gasteiger partial charge on any atom is 0.254 e. The summed E-state index contributed by atoms with van der Waals surface area (Å²) >= 11 is 0. The van der Waals surface area contributed by atoms with Gasteiger partial charge in [0.05, 0.1) is 11.1 Å². The van der Waals surface area contributed by atoms with Crippen molar-refractivity contribution >= 4 is 16.8 Å². The summed E-state index contributed by atoms with van der Waals surface area (Å²) in [6.45, 7) is 4.96. The summed E-state index contributed by atoms with van der Waals surface area (Å²) in [6.07, 6.45) is 2.31. The lowest BCUT2D eigenvalue weighted by Gasteiger charge is -2.40. The van der Waals surface area contributed by atoms with Gasteiger partial charge in [0.1, 0.15) is 5.82 Å².